The average Bonchev–Trinajstić information content (AvgIpc) is 3.18. The lowest BCUT2D eigenvalue weighted by Crippen LogP contribution is -1.99. The second-order valence-corrected chi connectivity index (χ2v) is 6.58. The Kier molecular flexibility index (Phi) is 4.14. The monoisotopic (exact) mass is 404 g/mol. The number of nitrogens with one attached hydrogen (secondary N) is 1. The topological polar surface area (TPSA) is 103 Å². The Labute approximate surface area is 169 Å². The highest BCUT2D eigenvalue weighted by Gasteiger charge is 2.10. The van der Waals surface area contributed by atoms with Crippen molar-refractivity contribution in [3.05, 3.63) is 66.2 Å². The first-order chi connectivity index (χ1) is 14.2. The number of aromatic nitrogens is 7. The minimum Gasteiger partial charge on any atom is -0.456 e. The summed E-state index contributed by atoms with van der Waals surface area (Å²) < 4.78 is 7.54. The van der Waals surface area contributed by atoms with Crippen LogP contribution in [0.15, 0.2) is 55.4 Å². The van der Waals surface area contributed by atoms with Crippen LogP contribution >= 0.6 is 11.6 Å². The maximum Gasteiger partial charge on any atom is 0.160 e. The van der Waals surface area contributed by atoms with E-state index < -0.39 is 0 Å². The number of fused-ring (bicyclic) bond motifs is 2. The van der Waals surface area contributed by atoms with Crippen LogP contribution in [0.3, 0.4) is 0 Å². The summed E-state index contributed by atoms with van der Waals surface area (Å²) in [5, 5.41) is 7.73. The molecular formula is C19H13ClN8O. The minimum atomic E-state index is 0.445. The fourth-order valence-electron chi connectivity index (χ4n) is 2.82. The molecule has 0 atom stereocenters. The molecule has 0 radical (unpaired) electrons. The summed E-state index contributed by atoms with van der Waals surface area (Å²) in [6.45, 7) is 1.82. The number of anilines is 2. The van der Waals surface area contributed by atoms with E-state index in [0.29, 0.717) is 44.8 Å². The smallest absolute Gasteiger partial charge is 0.160 e. The summed E-state index contributed by atoms with van der Waals surface area (Å²) in [5.74, 6) is 2.35. The average molecular weight is 405 g/mol. The van der Waals surface area contributed by atoms with Crippen molar-refractivity contribution in [1.82, 2.24) is 34.5 Å². The third-order valence-corrected chi connectivity index (χ3v) is 4.47. The molecule has 5 aromatic rings. The van der Waals surface area contributed by atoms with E-state index in [9.17, 15) is 0 Å². The molecule has 0 bridgehead atoms. The number of pyridine rings is 1. The molecule has 0 aliphatic rings. The molecule has 0 saturated heterocycles. The first-order valence-electron chi connectivity index (χ1n) is 8.64. The van der Waals surface area contributed by atoms with Gasteiger partial charge in [-0.05, 0) is 31.2 Å². The largest absolute Gasteiger partial charge is 0.456 e. The Morgan fingerprint density at radius 3 is 2.86 bits per heavy atom. The fourth-order valence-corrected chi connectivity index (χ4v) is 3.04. The third-order valence-electron chi connectivity index (χ3n) is 4.17. The van der Waals surface area contributed by atoms with Gasteiger partial charge in [0.25, 0.3) is 0 Å². The summed E-state index contributed by atoms with van der Waals surface area (Å²) in [5.41, 5.74) is 2.72. The van der Waals surface area contributed by atoms with Crippen molar-refractivity contribution in [2.45, 2.75) is 6.92 Å². The summed E-state index contributed by atoms with van der Waals surface area (Å²) in [4.78, 5) is 21.2. The van der Waals surface area contributed by atoms with Crippen LogP contribution in [0.1, 0.15) is 5.82 Å². The van der Waals surface area contributed by atoms with E-state index in [1.807, 2.05) is 13.0 Å². The molecular weight excluding hydrogens is 392 g/mol. The normalized spacial score (nSPS) is 11.1. The lowest BCUT2D eigenvalue weighted by Gasteiger charge is -2.11. The van der Waals surface area contributed by atoms with Crippen LogP contribution in [0.4, 0.5) is 11.5 Å². The molecule has 4 heterocycles. The summed E-state index contributed by atoms with van der Waals surface area (Å²) in [7, 11) is 0. The van der Waals surface area contributed by atoms with Crippen LogP contribution in [-0.2, 0) is 0 Å². The molecule has 0 unspecified atom stereocenters. The Balaban J connectivity index is 1.42. The molecule has 29 heavy (non-hydrogen) atoms. The Hall–Kier alpha value is -3.85. The Morgan fingerprint density at radius 2 is 1.97 bits per heavy atom. The van der Waals surface area contributed by atoms with Gasteiger partial charge in [-0.25, -0.2) is 29.4 Å². The molecule has 142 valence electrons. The SMILES string of the molecule is Cc1ncc2ncnc(Nc3ccc(Oc4ccn5ncnc5c4)c(Cl)c3)c2n1. The zero-order valence-corrected chi connectivity index (χ0v) is 15.9. The van der Waals surface area contributed by atoms with Crippen molar-refractivity contribution in [2.24, 2.45) is 0 Å². The number of aryl methyl sites for hydroxylation is 1. The molecule has 5 rings (SSSR count). The maximum absolute atomic E-state index is 6.43. The second-order valence-electron chi connectivity index (χ2n) is 6.17. The van der Waals surface area contributed by atoms with Crippen LogP contribution in [0.25, 0.3) is 16.7 Å². The molecule has 0 saturated carbocycles. The molecule has 0 amide bonds. The lowest BCUT2D eigenvalue weighted by atomic mass is 10.3. The van der Waals surface area contributed by atoms with Gasteiger partial charge in [-0.1, -0.05) is 11.6 Å². The number of rotatable bonds is 4. The van der Waals surface area contributed by atoms with Crippen molar-refractivity contribution in [3.63, 3.8) is 0 Å². The van der Waals surface area contributed by atoms with E-state index in [2.05, 4.69) is 35.3 Å². The zero-order chi connectivity index (χ0) is 19.8. The summed E-state index contributed by atoms with van der Waals surface area (Å²) in [6, 6.07) is 8.96. The quantitative estimate of drug-likeness (QED) is 0.480. The minimum absolute atomic E-state index is 0.445. The van der Waals surface area contributed by atoms with E-state index in [1.165, 1.54) is 12.7 Å². The van der Waals surface area contributed by atoms with Crippen molar-refractivity contribution in [2.75, 3.05) is 5.32 Å². The summed E-state index contributed by atoms with van der Waals surface area (Å²) >= 11 is 6.43. The van der Waals surface area contributed by atoms with E-state index in [4.69, 9.17) is 16.3 Å². The number of halogens is 1. The van der Waals surface area contributed by atoms with Gasteiger partial charge in [0, 0.05) is 18.0 Å². The highest BCUT2D eigenvalue weighted by Crippen LogP contribution is 2.33. The van der Waals surface area contributed by atoms with Crippen molar-refractivity contribution < 1.29 is 4.74 Å². The number of benzene rings is 1. The standard InChI is InChI=1S/C19H13ClN8O/c1-11-21-8-15-18(26-11)19(24-9-22-15)27-12-2-3-16(14(20)6-12)29-13-4-5-28-17(7-13)23-10-25-28/h2-10H,1H3,(H,22,24,27). The van der Waals surface area contributed by atoms with Crippen LogP contribution in [-0.4, -0.2) is 34.5 Å². The van der Waals surface area contributed by atoms with Crippen molar-refractivity contribution in [3.8, 4) is 11.5 Å². The van der Waals surface area contributed by atoms with Gasteiger partial charge in [-0.15, -0.1) is 0 Å². The van der Waals surface area contributed by atoms with Gasteiger partial charge in [0.1, 0.15) is 41.0 Å². The molecule has 0 aliphatic heterocycles. The highest BCUT2D eigenvalue weighted by atomic mass is 35.5. The Morgan fingerprint density at radius 1 is 1.03 bits per heavy atom. The molecule has 9 nitrogen and oxygen atoms in total. The molecule has 0 aliphatic carbocycles. The van der Waals surface area contributed by atoms with E-state index in [-0.39, 0.29) is 0 Å². The predicted octanol–water partition coefficient (Wildman–Crippen LogP) is 3.96. The van der Waals surface area contributed by atoms with Crippen LogP contribution in [0.5, 0.6) is 11.5 Å². The highest BCUT2D eigenvalue weighted by molar-refractivity contribution is 6.32. The van der Waals surface area contributed by atoms with Gasteiger partial charge < -0.3 is 10.1 Å². The van der Waals surface area contributed by atoms with Gasteiger partial charge in [0.2, 0.25) is 0 Å². The van der Waals surface area contributed by atoms with Crippen molar-refractivity contribution in [1.29, 1.82) is 0 Å². The number of ether oxygens (including phenoxy) is 1. The number of hydrogen-bond acceptors (Lipinski definition) is 8. The fraction of sp³-hybridized carbons (Fsp3) is 0.0526. The molecule has 0 spiro atoms. The van der Waals surface area contributed by atoms with Crippen LogP contribution in [0, 0.1) is 6.92 Å². The van der Waals surface area contributed by atoms with Gasteiger partial charge in [-0.2, -0.15) is 5.10 Å². The van der Waals surface area contributed by atoms with E-state index in [1.54, 1.807) is 41.2 Å². The molecule has 1 aromatic carbocycles. The maximum atomic E-state index is 6.43. The first-order valence-corrected chi connectivity index (χ1v) is 9.02. The van der Waals surface area contributed by atoms with Gasteiger partial charge >= 0.3 is 0 Å². The lowest BCUT2D eigenvalue weighted by molar-refractivity contribution is 0.482. The third kappa shape index (κ3) is 3.39. The molecule has 10 heteroatoms. The van der Waals surface area contributed by atoms with Gasteiger partial charge in [0.05, 0.1) is 11.2 Å². The van der Waals surface area contributed by atoms with Crippen LogP contribution < -0.4 is 10.1 Å². The number of nitrogens with zero attached hydrogens (tertiary/aromatic N) is 7. The van der Waals surface area contributed by atoms with Gasteiger partial charge in [0.15, 0.2) is 11.5 Å². The molecule has 1 N–H and O–H groups in total. The summed E-state index contributed by atoms with van der Waals surface area (Å²) in [6.07, 6.45) is 6.38. The first kappa shape index (κ1) is 17.3. The van der Waals surface area contributed by atoms with Crippen molar-refractivity contribution >= 4 is 39.8 Å². The van der Waals surface area contributed by atoms with Gasteiger partial charge in [-0.3, -0.25) is 0 Å². The number of hydrogen-bond donors (Lipinski definition) is 1. The van der Waals surface area contributed by atoms with E-state index in [0.717, 1.165) is 5.69 Å². The van der Waals surface area contributed by atoms with Crippen LogP contribution in [0.2, 0.25) is 5.02 Å². The second kappa shape index (κ2) is 6.95. The molecule has 4 aromatic heterocycles. The van der Waals surface area contributed by atoms with E-state index >= 15 is 0 Å². The predicted molar refractivity (Wildman–Crippen MR) is 108 cm³/mol. The molecule has 0 fully saturated rings. The Bertz CT molecular complexity index is 1350. The zero-order valence-electron chi connectivity index (χ0n) is 15.1.